The van der Waals surface area contributed by atoms with Crippen molar-refractivity contribution in [3.8, 4) is 11.5 Å². The van der Waals surface area contributed by atoms with Crippen LogP contribution >= 0.6 is 0 Å². The Bertz CT molecular complexity index is 758. The molecule has 0 spiro atoms. The fourth-order valence-electron chi connectivity index (χ4n) is 2.15. The van der Waals surface area contributed by atoms with Crippen LogP contribution in [0.1, 0.15) is 30.3 Å². The molecule has 7 heteroatoms. The number of amides is 1. The molecule has 2 aromatic rings. The summed E-state index contributed by atoms with van der Waals surface area (Å²) >= 11 is 0. The molecule has 0 aliphatic rings. The van der Waals surface area contributed by atoms with Crippen LogP contribution in [0.25, 0.3) is 0 Å². The van der Waals surface area contributed by atoms with Crippen LogP contribution < -0.4 is 20.3 Å². The number of unbranched alkanes of at least 4 members (excludes halogenated alkanes) is 1. The van der Waals surface area contributed by atoms with Crippen molar-refractivity contribution in [2.75, 3.05) is 20.3 Å². The van der Waals surface area contributed by atoms with Gasteiger partial charge in [0, 0.05) is 18.7 Å². The first-order valence-corrected chi connectivity index (χ1v) is 8.27. The van der Waals surface area contributed by atoms with Gasteiger partial charge in [0.1, 0.15) is 23.8 Å². The zero-order valence-electron chi connectivity index (χ0n) is 14.5. The van der Waals surface area contributed by atoms with Gasteiger partial charge in [0.25, 0.3) is 11.5 Å². The molecule has 1 amide bonds. The molecule has 1 aromatic heterocycles. The van der Waals surface area contributed by atoms with Crippen molar-refractivity contribution in [2.45, 2.75) is 26.3 Å². The third-order valence-corrected chi connectivity index (χ3v) is 3.52. The molecule has 7 nitrogen and oxygen atoms in total. The van der Waals surface area contributed by atoms with E-state index in [-0.39, 0.29) is 17.2 Å². The lowest BCUT2D eigenvalue weighted by molar-refractivity contribution is 0.0939. The number of methoxy groups -OCH3 is 1. The normalized spacial score (nSPS) is 10.3. The second kappa shape index (κ2) is 9.46. The van der Waals surface area contributed by atoms with Gasteiger partial charge in [0.05, 0.1) is 13.7 Å². The van der Waals surface area contributed by atoms with E-state index < -0.39 is 0 Å². The lowest BCUT2D eigenvalue weighted by Crippen LogP contribution is -2.32. The molecule has 0 fully saturated rings. The molecule has 1 heterocycles. The SMILES string of the molecule is CCCCn1nc(C(=O)NCCOc2cccc(OC)c2)ccc1=O. The van der Waals surface area contributed by atoms with Crippen molar-refractivity contribution >= 4 is 5.91 Å². The van der Waals surface area contributed by atoms with Crippen molar-refractivity contribution in [3.63, 3.8) is 0 Å². The summed E-state index contributed by atoms with van der Waals surface area (Å²) in [5.74, 6) is 1.04. The highest BCUT2D eigenvalue weighted by Gasteiger charge is 2.09. The van der Waals surface area contributed by atoms with E-state index in [4.69, 9.17) is 9.47 Å². The molecular weight excluding hydrogens is 322 g/mol. The Labute approximate surface area is 146 Å². The maximum atomic E-state index is 12.1. The summed E-state index contributed by atoms with van der Waals surface area (Å²) in [6.45, 7) is 3.18. The number of nitrogens with zero attached hydrogens (tertiary/aromatic N) is 2. The summed E-state index contributed by atoms with van der Waals surface area (Å²) in [6, 6.07) is 10.0. The van der Waals surface area contributed by atoms with E-state index in [1.807, 2.05) is 25.1 Å². The number of aromatic nitrogens is 2. The fraction of sp³-hybridized carbons (Fsp3) is 0.389. The zero-order valence-corrected chi connectivity index (χ0v) is 14.5. The van der Waals surface area contributed by atoms with E-state index in [1.165, 1.54) is 16.8 Å². The zero-order chi connectivity index (χ0) is 18.1. The van der Waals surface area contributed by atoms with Crippen LogP contribution in [0.3, 0.4) is 0 Å². The van der Waals surface area contributed by atoms with Gasteiger partial charge in [0.2, 0.25) is 0 Å². The van der Waals surface area contributed by atoms with Crippen LogP contribution in [0.4, 0.5) is 0 Å². The van der Waals surface area contributed by atoms with Crippen molar-refractivity contribution in [3.05, 3.63) is 52.4 Å². The Kier molecular flexibility index (Phi) is 7.00. The van der Waals surface area contributed by atoms with Gasteiger partial charge in [-0.25, -0.2) is 4.68 Å². The van der Waals surface area contributed by atoms with Gasteiger partial charge in [-0.2, -0.15) is 5.10 Å². The van der Waals surface area contributed by atoms with E-state index in [2.05, 4.69) is 10.4 Å². The Morgan fingerprint density at radius 1 is 1.24 bits per heavy atom. The molecule has 0 radical (unpaired) electrons. The average molecular weight is 345 g/mol. The summed E-state index contributed by atoms with van der Waals surface area (Å²) in [5, 5.41) is 6.83. The van der Waals surface area contributed by atoms with Gasteiger partial charge in [0.15, 0.2) is 0 Å². The number of aryl methyl sites for hydroxylation is 1. The van der Waals surface area contributed by atoms with Crippen LogP contribution in [-0.2, 0) is 6.54 Å². The Morgan fingerprint density at radius 3 is 2.80 bits per heavy atom. The van der Waals surface area contributed by atoms with E-state index >= 15 is 0 Å². The molecule has 1 N–H and O–H groups in total. The van der Waals surface area contributed by atoms with Gasteiger partial charge in [-0.1, -0.05) is 19.4 Å². The van der Waals surface area contributed by atoms with Gasteiger partial charge in [-0.15, -0.1) is 0 Å². The van der Waals surface area contributed by atoms with Crippen LogP contribution in [0, 0.1) is 0 Å². The Balaban J connectivity index is 1.84. The maximum absolute atomic E-state index is 12.1. The standard InChI is InChI=1S/C18H23N3O4/c1-3-4-11-21-17(22)9-8-16(20-21)18(23)19-10-12-25-15-7-5-6-14(13-15)24-2/h5-9,13H,3-4,10-12H2,1-2H3,(H,19,23). The van der Waals surface area contributed by atoms with Crippen LogP contribution in [0.5, 0.6) is 11.5 Å². The van der Waals surface area contributed by atoms with Crippen LogP contribution in [0.15, 0.2) is 41.2 Å². The van der Waals surface area contributed by atoms with Crippen LogP contribution in [0.2, 0.25) is 0 Å². The van der Waals surface area contributed by atoms with E-state index in [1.54, 1.807) is 13.2 Å². The predicted octanol–water partition coefficient (Wildman–Crippen LogP) is 1.86. The monoisotopic (exact) mass is 345 g/mol. The lowest BCUT2D eigenvalue weighted by atomic mass is 10.3. The summed E-state index contributed by atoms with van der Waals surface area (Å²) in [7, 11) is 1.59. The minimum absolute atomic E-state index is 0.202. The first kappa shape index (κ1) is 18.5. The number of nitrogens with one attached hydrogen (secondary N) is 1. The topological polar surface area (TPSA) is 82.5 Å². The third-order valence-electron chi connectivity index (χ3n) is 3.52. The highest BCUT2D eigenvalue weighted by molar-refractivity contribution is 5.91. The molecule has 0 saturated heterocycles. The Morgan fingerprint density at radius 2 is 2.04 bits per heavy atom. The molecule has 2 rings (SSSR count). The maximum Gasteiger partial charge on any atom is 0.271 e. The lowest BCUT2D eigenvalue weighted by Gasteiger charge is -2.09. The average Bonchev–Trinajstić information content (AvgIpc) is 2.64. The third kappa shape index (κ3) is 5.63. The molecule has 25 heavy (non-hydrogen) atoms. The fourth-order valence-corrected chi connectivity index (χ4v) is 2.15. The second-order valence-electron chi connectivity index (χ2n) is 5.42. The number of hydrogen-bond acceptors (Lipinski definition) is 5. The summed E-state index contributed by atoms with van der Waals surface area (Å²) in [5.41, 5.74) is 0.0171. The number of carbonyl (C=O) groups excluding carboxylic acids is 1. The molecule has 134 valence electrons. The van der Waals surface area contributed by atoms with Gasteiger partial charge >= 0.3 is 0 Å². The number of rotatable bonds is 9. The number of hydrogen-bond donors (Lipinski definition) is 1. The molecule has 0 saturated carbocycles. The number of carbonyl (C=O) groups is 1. The highest BCUT2D eigenvalue weighted by Crippen LogP contribution is 2.18. The Hall–Kier alpha value is -2.83. The van der Waals surface area contributed by atoms with E-state index in [9.17, 15) is 9.59 Å². The van der Waals surface area contributed by atoms with Crippen molar-refractivity contribution < 1.29 is 14.3 Å². The van der Waals surface area contributed by atoms with Crippen LogP contribution in [-0.4, -0.2) is 35.9 Å². The predicted molar refractivity (Wildman–Crippen MR) is 94.2 cm³/mol. The first-order valence-electron chi connectivity index (χ1n) is 8.27. The van der Waals surface area contributed by atoms with Gasteiger partial charge in [-0.05, 0) is 24.6 Å². The van der Waals surface area contributed by atoms with Crippen molar-refractivity contribution in [1.82, 2.24) is 15.1 Å². The molecule has 0 atom stereocenters. The minimum atomic E-state index is -0.334. The summed E-state index contributed by atoms with van der Waals surface area (Å²) in [6.07, 6.45) is 1.79. The molecule has 0 bridgehead atoms. The number of benzene rings is 1. The van der Waals surface area contributed by atoms with E-state index in [0.717, 1.165) is 12.8 Å². The number of ether oxygens (including phenoxy) is 2. The first-order chi connectivity index (χ1) is 12.1. The van der Waals surface area contributed by atoms with Gasteiger partial charge in [-0.3, -0.25) is 9.59 Å². The summed E-state index contributed by atoms with van der Waals surface area (Å²) in [4.78, 5) is 23.8. The molecular formula is C18H23N3O4. The van der Waals surface area contributed by atoms with Gasteiger partial charge < -0.3 is 14.8 Å². The molecule has 0 aliphatic carbocycles. The molecule has 1 aromatic carbocycles. The smallest absolute Gasteiger partial charge is 0.271 e. The summed E-state index contributed by atoms with van der Waals surface area (Å²) < 4.78 is 12.0. The van der Waals surface area contributed by atoms with Crippen molar-refractivity contribution in [1.29, 1.82) is 0 Å². The minimum Gasteiger partial charge on any atom is -0.497 e. The van der Waals surface area contributed by atoms with Crippen molar-refractivity contribution in [2.24, 2.45) is 0 Å². The quantitative estimate of drug-likeness (QED) is 0.702. The molecule has 0 unspecified atom stereocenters. The largest absolute Gasteiger partial charge is 0.497 e. The molecule has 0 aliphatic heterocycles. The van der Waals surface area contributed by atoms with E-state index in [0.29, 0.717) is 31.2 Å². The highest BCUT2D eigenvalue weighted by atomic mass is 16.5. The second-order valence-corrected chi connectivity index (χ2v) is 5.42.